The number of amides is 2. The Morgan fingerprint density at radius 3 is 1.52 bits per heavy atom. The van der Waals surface area contributed by atoms with Crippen molar-refractivity contribution in [3.8, 4) is 11.4 Å². The molecule has 10 heteroatoms. The van der Waals surface area contributed by atoms with Crippen LogP contribution in [0.15, 0.2) is 74.1 Å². The number of imidazole rings is 2. The van der Waals surface area contributed by atoms with Crippen LogP contribution in [-0.2, 0) is 0 Å². The average molecular weight is 442 g/mol. The number of hydrogen-bond donors (Lipinski definition) is 0. The second-order valence-electron chi connectivity index (χ2n) is 7.68. The molecule has 0 bridgehead atoms. The van der Waals surface area contributed by atoms with Gasteiger partial charge in [0.2, 0.25) is 0 Å². The van der Waals surface area contributed by atoms with Gasteiger partial charge in [0, 0.05) is 51.0 Å². The van der Waals surface area contributed by atoms with E-state index in [2.05, 4.69) is 19.9 Å². The first-order valence-corrected chi connectivity index (χ1v) is 10.7. The van der Waals surface area contributed by atoms with E-state index in [0.717, 1.165) is 11.4 Å². The fraction of sp³-hybridized carbons (Fsp3) is 0.217. The number of rotatable bonds is 4. The predicted octanol–water partition coefficient (Wildman–Crippen LogP) is 1.84. The zero-order valence-corrected chi connectivity index (χ0v) is 17.9. The molecule has 5 heterocycles. The lowest BCUT2D eigenvalue weighted by molar-refractivity contribution is 0.0713. The van der Waals surface area contributed by atoms with E-state index >= 15 is 0 Å². The van der Waals surface area contributed by atoms with Crippen LogP contribution in [0.5, 0.6) is 0 Å². The molecule has 1 aliphatic rings. The maximum Gasteiger partial charge on any atom is 0.272 e. The van der Waals surface area contributed by atoms with Crippen molar-refractivity contribution in [2.24, 2.45) is 0 Å². The summed E-state index contributed by atoms with van der Waals surface area (Å²) in [5.74, 6) is -0.270. The van der Waals surface area contributed by atoms with Gasteiger partial charge in [0.05, 0.1) is 36.4 Å². The van der Waals surface area contributed by atoms with Crippen molar-refractivity contribution in [3.63, 3.8) is 0 Å². The fourth-order valence-electron chi connectivity index (χ4n) is 3.80. The molecule has 4 aromatic rings. The Labute approximate surface area is 190 Å². The van der Waals surface area contributed by atoms with Crippen LogP contribution in [0.3, 0.4) is 0 Å². The van der Waals surface area contributed by atoms with E-state index in [-0.39, 0.29) is 11.8 Å². The first-order valence-electron chi connectivity index (χ1n) is 10.7. The summed E-state index contributed by atoms with van der Waals surface area (Å²) >= 11 is 0. The van der Waals surface area contributed by atoms with Crippen molar-refractivity contribution >= 4 is 11.8 Å². The molecular formula is C23H22N8O2. The second kappa shape index (κ2) is 9.03. The molecule has 0 radical (unpaired) electrons. The lowest BCUT2D eigenvalue weighted by atomic mass is 10.2. The highest BCUT2D eigenvalue weighted by Gasteiger charge is 2.24. The number of nitrogens with zero attached hydrogens (tertiary/aromatic N) is 8. The normalized spacial score (nSPS) is 14.2. The molecule has 5 rings (SSSR count). The minimum Gasteiger partial charge on any atom is -0.335 e. The van der Waals surface area contributed by atoms with Gasteiger partial charge >= 0.3 is 0 Å². The Balaban J connectivity index is 1.22. The van der Waals surface area contributed by atoms with Crippen LogP contribution in [0.25, 0.3) is 11.4 Å². The highest BCUT2D eigenvalue weighted by Crippen LogP contribution is 2.13. The van der Waals surface area contributed by atoms with E-state index in [1.54, 1.807) is 59.4 Å². The summed E-state index contributed by atoms with van der Waals surface area (Å²) in [5.41, 5.74) is 2.44. The summed E-state index contributed by atoms with van der Waals surface area (Å²) in [4.78, 5) is 46.1. The van der Waals surface area contributed by atoms with Crippen molar-refractivity contribution in [1.29, 1.82) is 0 Å². The van der Waals surface area contributed by atoms with Crippen molar-refractivity contribution < 1.29 is 9.59 Å². The Kier molecular flexibility index (Phi) is 5.62. The molecule has 0 unspecified atom stereocenters. The van der Waals surface area contributed by atoms with Crippen LogP contribution in [0.4, 0.5) is 0 Å². The molecule has 1 fully saturated rings. The molecule has 1 saturated heterocycles. The molecule has 0 saturated carbocycles. The average Bonchev–Trinajstić information content (AvgIpc) is 3.55. The fourth-order valence-corrected chi connectivity index (χ4v) is 3.80. The molecular weight excluding hydrogens is 420 g/mol. The third-order valence-electron chi connectivity index (χ3n) is 5.61. The Hall–Kier alpha value is -4.34. The molecule has 0 aliphatic carbocycles. The number of pyridine rings is 2. The minimum atomic E-state index is -0.135. The van der Waals surface area contributed by atoms with Crippen molar-refractivity contribution in [3.05, 3.63) is 85.5 Å². The quantitative estimate of drug-likeness (QED) is 0.478. The van der Waals surface area contributed by atoms with Crippen LogP contribution in [0.1, 0.15) is 27.4 Å². The maximum atomic E-state index is 13.0. The molecule has 1 aliphatic heterocycles. The summed E-state index contributed by atoms with van der Waals surface area (Å²) in [7, 11) is 0. The zero-order chi connectivity index (χ0) is 22.6. The van der Waals surface area contributed by atoms with Gasteiger partial charge < -0.3 is 18.9 Å². The summed E-state index contributed by atoms with van der Waals surface area (Å²) in [6.07, 6.45) is 14.4. The van der Waals surface area contributed by atoms with Gasteiger partial charge in [-0.2, -0.15) is 0 Å². The van der Waals surface area contributed by atoms with Gasteiger partial charge in [-0.15, -0.1) is 0 Å². The van der Waals surface area contributed by atoms with Gasteiger partial charge in [-0.1, -0.05) is 0 Å². The lowest BCUT2D eigenvalue weighted by Crippen LogP contribution is -2.37. The topological polar surface area (TPSA) is 102 Å². The van der Waals surface area contributed by atoms with Gasteiger partial charge in [0.1, 0.15) is 11.4 Å². The molecule has 0 spiro atoms. The van der Waals surface area contributed by atoms with Gasteiger partial charge in [0.25, 0.3) is 11.8 Å². The predicted molar refractivity (Wildman–Crippen MR) is 119 cm³/mol. The highest BCUT2D eigenvalue weighted by atomic mass is 16.2. The monoisotopic (exact) mass is 442 g/mol. The first kappa shape index (κ1) is 20.6. The van der Waals surface area contributed by atoms with Crippen molar-refractivity contribution in [1.82, 2.24) is 38.9 Å². The van der Waals surface area contributed by atoms with Gasteiger partial charge in [-0.3, -0.25) is 9.59 Å². The number of carbonyl (C=O) groups is 2. The van der Waals surface area contributed by atoms with Crippen LogP contribution in [0.2, 0.25) is 0 Å². The summed E-state index contributed by atoms with van der Waals surface area (Å²) in [6.45, 7) is 2.03. The molecule has 166 valence electrons. The number of hydrogen-bond acceptors (Lipinski definition) is 6. The standard InChI is InChI=1S/C23H22N8O2/c32-22(20-4-2-18(14-26-20)30-10-6-24-16-30)28-8-1-9-29(13-12-28)23(33)21-5-3-19(15-27-21)31-11-7-25-17-31/h2-7,10-11,14-17H,1,8-9,12-13H2. The van der Waals surface area contributed by atoms with E-state index in [1.165, 1.54) is 0 Å². The molecule has 4 aromatic heterocycles. The van der Waals surface area contributed by atoms with Gasteiger partial charge in [-0.25, -0.2) is 19.9 Å². The SMILES string of the molecule is O=C(c1ccc(-n2ccnc2)cn1)N1CCCN(C(=O)c2ccc(-n3ccnc3)cn2)CC1. The van der Waals surface area contributed by atoms with Gasteiger partial charge in [0.15, 0.2) is 0 Å². The third kappa shape index (κ3) is 4.36. The summed E-state index contributed by atoms with van der Waals surface area (Å²) in [6, 6.07) is 7.12. The maximum absolute atomic E-state index is 13.0. The molecule has 0 atom stereocenters. The second-order valence-corrected chi connectivity index (χ2v) is 7.68. The lowest BCUT2D eigenvalue weighted by Gasteiger charge is -2.22. The van der Waals surface area contributed by atoms with Crippen molar-refractivity contribution in [2.75, 3.05) is 26.2 Å². The molecule has 10 nitrogen and oxygen atoms in total. The van der Waals surface area contributed by atoms with Crippen LogP contribution in [-0.4, -0.2) is 76.9 Å². The smallest absolute Gasteiger partial charge is 0.272 e. The van der Waals surface area contributed by atoms with Crippen LogP contribution in [0, 0.1) is 0 Å². The minimum absolute atomic E-state index is 0.135. The molecule has 0 N–H and O–H groups in total. The zero-order valence-electron chi connectivity index (χ0n) is 17.9. The number of aromatic nitrogens is 6. The van der Waals surface area contributed by atoms with E-state index in [0.29, 0.717) is 44.0 Å². The van der Waals surface area contributed by atoms with E-state index in [4.69, 9.17) is 0 Å². The van der Waals surface area contributed by atoms with E-state index in [1.807, 2.05) is 33.7 Å². The van der Waals surface area contributed by atoms with E-state index < -0.39 is 0 Å². The summed E-state index contributed by atoms with van der Waals surface area (Å²) < 4.78 is 3.65. The Morgan fingerprint density at radius 1 is 0.667 bits per heavy atom. The Bertz CT molecular complexity index is 1120. The van der Waals surface area contributed by atoms with E-state index in [9.17, 15) is 9.59 Å². The highest BCUT2D eigenvalue weighted by molar-refractivity contribution is 5.93. The largest absolute Gasteiger partial charge is 0.335 e. The molecule has 0 aromatic carbocycles. The third-order valence-corrected chi connectivity index (χ3v) is 5.61. The molecule has 33 heavy (non-hydrogen) atoms. The first-order chi connectivity index (χ1) is 16.2. The Morgan fingerprint density at radius 2 is 1.15 bits per heavy atom. The number of carbonyl (C=O) groups excluding carboxylic acids is 2. The van der Waals surface area contributed by atoms with Crippen molar-refractivity contribution in [2.45, 2.75) is 6.42 Å². The molecule has 2 amide bonds. The summed E-state index contributed by atoms with van der Waals surface area (Å²) in [5, 5.41) is 0. The van der Waals surface area contributed by atoms with Gasteiger partial charge in [-0.05, 0) is 30.7 Å². The van der Waals surface area contributed by atoms with Crippen LogP contribution >= 0.6 is 0 Å². The van der Waals surface area contributed by atoms with Crippen LogP contribution < -0.4 is 0 Å².